The summed E-state index contributed by atoms with van der Waals surface area (Å²) in [5.74, 6) is 0.699. The molecule has 7 rings (SSSR count). The van der Waals surface area contributed by atoms with Crippen molar-refractivity contribution in [2.24, 2.45) is 0 Å². The van der Waals surface area contributed by atoms with Crippen molar-refractivity contribution in [2.75, 3.05) is 13.6 Å². The maximum Gasteiger partial charge on any atom is 0.191 e. The number of aromatic nitrogens is 6. The normalized spacial score (nSPS) is 19.2. The van der Waals surface area contributed by atoms with Crippen LogP contribution >= 0.6 is 11.6 Å². The van der Waals surface area contributed by atoms with Gasteiger partial charge in [0.15, 0.2) is 16.7 Å². The monoisotopic (exact) mass is 517 g/mol. The molecular formula is C27H25ClFN7O. The van der Waals surface area contributed by atoms with Gasteiger partial charge >= 0.3 is 0 Å². The maximum absolute atomic E-state index is 15.0. The van der Waals surface area contributed by atoms with Gasteiger partial charge in [-0.05, 0) is 63.9 Å². The SMILES string of the molecule is Cc1nc2ccc(Oc3ccc4nc(Cl)c(-c5cnn(C6CCN(C)C7(CC7)C6)c5)nc4c3)c(F)c2[nH]1. The highest BCUT2D eigenvalue weighted by atomic mass is 35.5. The second-order valence-electron chi connectivity index (χ2n) is 10.2. The first-order valence-electron chi connectivity index (χ1n) is 12.4. The van der Waals surface area contributed by atoms with E-state index in [-0.39, 0.29) is 5.75 Å². The lowest BCUT2D eigenvalue weighted by atomic mass is 9.96. The largest absolute Gasteiger partial charge is 0.454 e. The van der Waals surface area contributed by atoms with Crippen LogP contribution in [0.5, 0.6) is 11.5 Å². The molecule has 1 N–H and O–H groups in total. The van der Waals surface area contributed by atoms with E-state index in [2.05, 4.69) is 36.7 Å². The quantitative estimate of drug-likeness (QED) is 0.312. The van der Waals surface area contributed by atoms with Crippen LogP contribution < -0.4 is 4.74 Å². The predicted molar refractivity (Wildman–Crippen MR) is 139 cm³/mol. The van der Waals surface area contributed by atoms with Crippen LogP contribution in [0.25, 0.3) is 33.3 Å². The number of ether oxygens (including phenoxy) is 1. The molecule has 1 aliphatic carbocycles. The van der Waals surface area contributed by atoms with Crippen molar-refractivity contribution in [1.82, 2.24) is 34.6 Å². The van der Waals surface area contributed by atoms with Gasteiger partial charge in [0.25, 0.3) is 0 Å². The number of aryl methyl sites for hydroxylation is 1. The fourth-order valence-corrected chi connectivity index (χ4v) is 5.75. The zero-order valence-electron chi connectivity index (χ0n) is 20.5. The summed E-state index contributed by atoms with van der Waals surface area (Å²) in [6, 6.07) is 8.89. The van der Waals surface area contributed by atoms with E-state index < -0.39 is 5.82 Å². The molecule has 0 amide bonds. The van der Waals surface area contributed by atoms with E-state index >= 15 is 0 Å². The van der Waals surface area contributed by atoms with Crippen molar-refractivity contribution >= 4 is 33.7 Å². The van der Waals surface area contributed by atoms with Gasteiger partial charge in [0.05, 0.1) is 28.8 Å². The lowest BCUT2D eigenvalue weighted by Gasteiger charge is -2.37. The summed E-state index contributed by atoms with van der Waals surface area (Å²) in [4.78, 5) is 19.0. The van der Waals surface area contributed by atoms with E-state index in [0.717, 1.165) is 24.9 Å². The highest BCUT2D eigenvalue weighted by Crippen LogP contribution is 2.50. The molecule has 3 aromatic heterocycles. The van der Waals surface area contributed by atoms with Crippen molar-refractivity contribution in [1.29, 1.82) is 0 Å². The third-order valence-electron chi connectivity index (χ3n) is 7.80. The van der Waals surface area contributed by atoms with Crippen molar-refractivity contribution in [3.8, 4) is 22.8 Å². The van der Waals surface area contributed by atoms with Crippen LogP contribution in [-0.2, 0) is 0 Å². The van der Waals surface area contributed by atoms with Gasteiger partial charge < -0.3 is 14.6 Å². The molecule has 1 saturated carbocycles. The first-order chi connectivity index (χ1) is 17.9. The Kier molecular flexibility index (Phi) is 5.03. The zero-order valence-corrected chi connectivity index (χ0v) is 21.3. The Morgan fingerprint density at radius 2 is 1.95 bits per heavy atom. The van der Waals surface area contributed by atoms with Crippen molar-refractivity contribution < 1.29 is 9.13 Å². The summed E-state index contributed by atoms with van der Waals surface area (Å²) < 4.78 is 22.9. The summed E-state index contributed by atoms with van der Waals surface area (Å²) in [7, 11) is 2.23. The molecule has 0 radical (unpaired) electrons. The first-order valence-corrected chi connectivity index (χ1v) is 12.8. The van der Waals surface area contributed by atoms with E-state index in [1.165, 1.54) is 12.8 Å². The van der Waals surface area contributed by atoms with Crippen LogP contribution in [-0.4, -0.2) is 53.7 Å². The van der Waals surface area contributed by atoms with Crippen molar-refractivity contribution in [3.63, 3.8) is 0 Å². The summed E-state index contributed by atoms with van der Waals surface area (Å²) >= 11 is 6.55. The number of aromatic amines is 1. The summed E-state index contributed by atoms with van der Waals surface area (Å²) in [5, 5.41) is 4.98. The minimum absolute atomic E-state index is 0.102. The average Bonchev–Trinajstić information content (AvgIpc) is 3.29. The Balaban J connectivity index is 1.19. The Morgan fingerprint density at radius 1 is 1.11 bits per heavy atom. The molecule has 1 spiro atoms. The number of nitrogens with zero attached hydrogens (tertiary/aromatic N) is 6. The highest BCUT2D eigenvalue weighted by Gasteiger charge is 2.50. The molecule has 1 unspecified atom stereocenters. The Labute approximate surface area is 217 Å². The topological polar surface area (TPSA) is 84.8 Å². The third-order valence-corrected chi connectivity index (χ3v) is 8.06. The number of likely N-dealkylation sites (tertiary alicyclic amines) is 1. The summed E-state index contributed by atoms with van der Waals surface area (Å²) in [6.07, 6.45) is 8.53. The number of imidazole rings is 1. The molecule has 0 bridgehead atoms. The van der Waals surface area contributed by atoms with Crippen LogP contribution in [0.1, 0.15) is 37.5 Å². The van der Waals surface area contributed by atoms with Gasteiger partial charge in [-0.1, -0.05) is 11.6 Å². The molecule has 10 heteroatoms. The first kappa shape index (κ1) is 22.6. The number of rotatable bonds is 4. The minimum atomic E-state index is -0.490. The molecule has 1 saturated heterocycles. The van der Waals surface area contributed by atoms with E-state index in [9.17, 15) is 4.39 Å². The smallest absolute Gasteiger partial charge is 0.191 e. The molecule has 2 aliphatic rings. The van der Waals surface area contributed by atoms with E-state index in [1.54, 1.807) is 43.5 Å². The fraction of sp³-hybridized carbons (Fsp3) is 0.333. The number of fused-ring (bicyclic) bond motifs is 2. The molecule has 4 heterocycles. The van der Waals surface area contributed by atoms with Crippen LogP contribution in [0.2, 0.25) is 5.15 Å². The zero-order chi connectivity index (χ0) is 25.3. The van der Waals surface area contributed by atoms with Gasteiger partial charge in [-0.25, -0.2) is 19.3 Å². The molecular weight excluding hydrogens is 493 g/mol. The van der Waals surface area contributed by atoms with Gasteiger partial charge in [0.1, 0.15) is 22.8 Å². The summed E-state index contributed by atoms with van der Waals surface area (Å²) in [5.41, 5.74) is 3.83. The van der Waals surface area contributed by atoms with Crippen molar-refractivity contribution in [2.45, 2.75) is 44.2 Å². The van der Waals surface area contributed by atoms with E-state index in [4.69, 9.17) is 21.3 Å². The van der Waals surface area contributed by atoms with E-state index in [1.807, 2.05) is 6.20 Å². The molecule has 37 heavy (non-hydrogen) atoms. The number of H-pyrrole nitrogens is 1. The maximum atomic E-state index is 15.0. The number of nitrogens with one attached hydrogen (secondary N) is 1. The van der Waals surface area contributed by atoms with E-state index in [0.29, 0.717) is 56.1 Å². The van der Waals surface area contributed by atoms with Gasteiger partial charge in [-0.15, -0.1) is 0 Å². The molecule has 2 aromatic carbocycles. The molecule has 1 atom stereocenters. The van der Waals surface area contributed by atoms with Crippen LogP contribution in [0.15, 0.2) is 42.7 Å². The summed E-state index contributed by atoms with van der Waals surface area (Å²) in [6.45, 7) is 2.86. The fourth-order valence-electron chi connectivity index (χ4n) is 5.51. The third kappa shape index (κ3) is 3.84. The van der Waals surface area contributed by atoms with Gasteiger partial charge in [-0.3, -0.25) is 4.68 Å². The standard InChI is InChI=1S/C27H25ClFN7O/c1-15-31-20-5-6-22(23(29)25(20)32-15)37-18-3-4-19-21(11-18)33-24(26(28)34-19)16-13-30-36(14-16)17-7-10-35(2)27(12-17)8-9-27/h3-6,11,13-14,17H,7-10,12H2,1-2H3,(H,31,32). The van der Waals surface area contributed by atoms with Crippen LogP contribution in [0.3, 0.4) is 0 Å². The molecule has 1 aliphatic heterocycles. The van der Waals surface area contributed by atoms with Gasteiger partial charge in [0, 0.05) is 29.9 Å². The van der Waals surface area contributed by atoms with Crippen LogP contribution in [0.4, 0.5) is 4.39 Å². The number of hydrogen-bond acceptors (Lipinski definition) is 6. The number of halogens is 2. The number of hydrogen-bond donors (Lipinski definition) is 1. The second-order valence-corrected chi connectivity index (χ2v) is 10.6. The molecule has 8 nitrogen and oxygen atoms in total. The highest BCUT2D eigenvalue weighted by molar-refractivity contribution is 6.32. The van der Waals surface area contributed by atoms with Crippen molar-refractivity contribution in [3.05, 3.63) is 59.5 Å². The molecule has 188 valence electrons. The average molecular weight is 518 g/mol. The molecule has 5 aromatic rings. The Bertz CT molecular complexity index is 1670. The number of benzene rings is 2. The number of piperidine rings is 1. The Hall–Kier alpha value is -3.56. The lowest BCUT2D eigenvalue weighted by Crippen LogP contribution is -2.42. The van der Waals surface area contributed by atoms with Gasteiger partial charge in [0.2, 0.25) is 0 Å². The predicted octanol–water partition coefficient (Wildman–Crippen LogP) is 6.06. The second kappa shape index (κ2) is 8.22. The van der Waals surface area contributed by atoms with Crippen LogP contribution in [0, 0.1) is 12.7 Å². The minimum Gasteiger partial charge on any atom is -0.454 e. The lowest BCUT2D eigenvalue weighted by molar-refractivity contribution is 0.121. The van der Waals surface area contributed by atoms with Gasteiger partial charge in [-0.2, -0.15) is 5.10 Å². The Morgan fingerprint density at radius 3 is 2.78 bits per heavy atom. The molecule has 2 fully saturated rings.